The molecule has 4 atom stereocenters. The maximum absolute atomic E-state index is 13.7. The number of carbonyl (C=O) groups excluding carboxylic acids is 3. The van der Waals surface area contributed by atoms with Crippen LogP contribution in [0.4, 0.5) is 0 Å². The summed E-state index contributed by atoms with van der Waals surface area (Å²) >= 11 is 1.57. The van der Waals surface area contributed by atoms with Gasteiger partial charge >= 0.3 is 5.97 Å². The van der Waals surface area contributed by atoms with Crippen molar-refractivity contribution in [1.82, 2.24) is 20.5 Å². The molecule has 2 unspecified atom stereocenters. The van der Waals surface area contributed by atoms with Gasteiger partial charge in [-0.3, -0.25) is 19.2 Å². The van der Waals surface area contributed by atoms with Crippen molar-refractivity contribution in [2.24, 2.45) is 5.41 Å². The second-order valence-electron chi connectivity index (χ2n) is 11.5. The lowest BCUT2D eigenvalue weighted by atomic mass is 9.85. The highest BCUT2D eigenvalue weighted by Gasteiger charge is 2.44. The fourth-order valence-electron chi connectivity index (χ4n) is 4.81. The van der Waals surface area contributed by atoms with Crippen LogP contribution in [0.1, 0.15) is 77.1 Å². The summed E-state index contributed by atoms with van der Waals surface area (Å²) in [4.78, 5) is 57.1. The molecule has 1 saturated heterocycles. The Morgan fingerprint density at radius 2 is 1.75 bits per heavy atom. The fraction of sp³-hybridized carbons (Fsp3) is 0.552. The van der Waals surface area contributed by atoms with Gasteiger partial charge < -0.3 is 25.7 Å². The predicted octanol–water partition coefficient (Wildman–Crippen LogP) is 3.43. The van der Waals surface area contributed by atoms with Crippen LogP contribution in [0, 0.1) is 12.3 Å². The van der Waals surface area contributed by atoms with Gasteiger partial charge in [0.15, 0.2) is 0 Å². The van der Waals surface area contributed by atoms with Crippen LogP contribution in [-0.4, -0.2) is 68.5 Å². The number of aliphatic hydroxyl groups excluding tert-OH is 1. The first-order valence-corrected chi connectivity index (χ1v) is 14.5. The number of unbranched alkanes of at least 4 members (excludes halogenated alkanes) is 1. The number of hydrogen-bond acceptors (Lipinski definition) is 7. The van der Waals surface area contributed by atoms with Crippen LogP contribution in [0.3, 0.4) is 0 Å². The van der Waals surface area contributed by atoms with Gasteiger partial charge in [-0.05, 0) is 43.2 Å². The van der Waals surface area contributed by atoms with E-state index in [1.165, 1.54) is 4.90 Å². The van der Waals surface area contributed by atoms with Crippen molar-refractivity contribution in [3.63, 3.8) is 0 Å². The molecule has 40 heavy (non-hydrogen) atoms. The fourth-order valence-corrected chi connectivity index (χ4v) is 5.62. The zero-order valence-electron chi connectivity index (χ0n) is 23.8. The van der Waals surface area contributed by atoms with Gasteiger partial charge in [0.05, 0.1) is 28.2 Å². The molecule has 1 aliphatic rings. The molecule has 1 aliphatic heterocycles. The smallest absolute Gasteiger partial charge is 0.303 e. The Kier molecular flexibility index (Phi) is 10.4. The zero-order valence-corrected chi connectivity index (χ0v) is 24.6. The average Bonchev–Trinajstić information content (AvgIpc) is 3.49. The summed E-state index contributed by atoms with van der Waals surface area (Å²) < 4.78 is 0. The lowest BCUT2D eigenvalue weighted by Crippen LogP contribution is -2.57. The van der Waals surface area contributed by atoms with Crippen LogP contribution < -0.4 is 10.6 Å². The number of aromatic nitrogens is 1. The molecule has 10 nitrogen and oxygen atoms in total. The van der Waals surface area contributed by atoms with Crippen molar-refractivity contribution in [1.29, 1.82) is 0 Å². The highest BCUT2D eigenvalue weighted by molar-refractivity contribution is 7.13. The third-order valence-electron chi connectivity index (χ3n) is 7.10. The first-order valence-electron chi connectivity index (χ1n) is 13.6. The number of benzene rings is 1. The molecule has 218 valence electrons. The summed E-state index contributed by atoms with van der Waals surface area (Å²) in [6.07, 6.45) is 0.0741. The van der Waals surface area contributed by atoms with Crippen molar-refractivity contribution >= 4 is 35.0 Å². The monoisotopic (exact) mass is 572 g/mol. The van der Waals surface area contributed by atoms with Gasteiger partial charge in [0.25, 0.3) is 0 Å². The quantitative estimate of drug-likeness (QED) is 0.301. The molecule has 1 aromatic carbocycles. The standard InChI is InChI=1S/C29H40N4O6S/c1-17(19-10-12-20(13-11-19)25-18(2)30-16-40-25)31-27(38)22-14-21(34)15-33(22)28(39)26(29(3,4)5)32-23(35)8-6-7-9-24(36)37/h10-13,16-17,21-22,26,34H,6-9,14-15H2,1-5H3,(H,31,38)(H,32,35)(H,36,37)/t17?,21-,22+,26?/m1/s1. The second-order valence-corrected chi connectivity index (χ2v) is 12.3. The van der Waals surface area contributed by atoms with E-state index in [-0.39, 0.29) is 43.7 Å². The number of carboxylic acids is 1. The molecule has 2 aromatic rings. The molecule has 0 spiro atoms. The van der Waals surface area contributed by atoms with Crippen LogP contribution in [0.5, 0.6) is 0 Å². The van der Waals surface area contributed by atoms with Gasteiger partial charge in [0, 0.05) is 25.8 Å². The van der Waals surface area contributed by atoms with Crippen LogP contribution in [0.25, 0.3) is 10.4 Å². The van der Waals surface area contributed by atoms with E-state index in [2.05, 4.69) is 15.6 Å². The number of rotatable bonds is 11. The van der Waals surface area contributed by atoms with E-state index in [4.69, 9.17) is 5.11 Å². The minimum Gasteiger partial charge on any atom is -0.481 e. The number of carbonyl (C=O) groups is 4. The van der Waals surface area contributed by atoms with Gasteiger partial charge in [-0.1, -0.05) is 45.0 Å². The molecular weight excluding hydrogens is 532 g/mol. The Morgan fingerprint density at radius 1 is 1.10 bits per heavy atom. The number of thiazole rings is 1. The van der Waals surface area contributed by atoms with E-state index < -0.39 is 35.5 Å². The predicted molar refractivity (Wildman–Crippen MR) is 152 cm³/mol. The lowest BCUT2D eigenvalue weighted by Gasteiger charge is -2.35. The van der Waals surface area contributed by atoms with Crippen LogP contribution in [0.2, 0.25) is 0 Å². The number of aliphatic carboxylic acids is 1. The highest BCUT2D eigenvalue weighted by atomic mass is 32.1. The molecule has 0 bridgehead atoms. The van der Waals surface area contributed by atoms with Gasteiger partial charge in [-0.2, -0.15) is 0 Å². The number of aliphatic hydroxyl groups is 1. The first-order chi connectivity index (χ1) is 18.8. The van der Waals surface area contributed by atoms with E-state index >= 15 is 0 Å². The number of β-amino-alcohol motifs (C(OH)–C–C–N with tert-alkyl or cyclic N) is 1. The normalized spacial score (nSPS) is 18.7. The molecule has 1 fully saturated rings. The minimum atomic E-state index is -0.919. The summed E-state index contributed by atoms with van der Waals surface area (Å²) in [5.41, 5.74) is 4.07. The van der Waals surface area contributed by atoms with E-state index in [9.17, 15) is 24.3 Å². The molecule has 3 amide bonds. The first kappa shape index (κ1) is 31.2. The van der Waals surface area contributed by atoms with Crippen molar-refractivity contribution in [3.8, 4) is 10.4 Å². The number of nitrogens with zero attached hydrogens (tertiary/aromatic N) is 2. The number of aryl methyl sites for hydroxylation is 1. The number of amides is 3. The summed E-state index contributed by atoms with van der Waals surface area (Å²) in [6, 6.07) is 5.77. The summed E-state index contributed by atoms with van der Waals surface area (Å²) in [7, 11) is 0. The number of hydrogen-bond donors (Lipinski definition) is 4. The topological polar surface area (TPSA) is 149 Å². The summed E-state index contributed by atoms with van der Waals surface area (Å²) in [5.74, 6) is -2.07. The van der Waals surface area contributed by atoms with Gasteiger partial charge in [0.1, 0.15) is 12.1 Å². The van der Waals surface area contributed by atoms with Crippen molar-refractivity contribution in [2.75, 3.05) is 6.54 Å². The Morgan fingerprint density at radius 3 is 2.33 bits per heavy atom. The average molecular weight is 573 g/mol. The number of carboxylic acid groups (broad SMARTS) is 1. The molecule has 2 heterocycles. The Labute approximate surface area is 239 Å². The Balaban J connectivity index is 1.67. The van der Waals surface area contributed by atoms with Crippen LogP contribution in [0.15, 0.2) is 29.8 Å². The second kappa shape index (κ2) is 13.4. The molecule has 1 aromatic heterocycles. The molecule has 4 N–H and O–H groups in total. The van der Waals surface area contributed by atoms with Crippen molar-refractivity contribution in [2.45, 2.75) is 91.0 Å². The van der Waals surface area contributed by atoms with E-state index in [1.807, 2.05) is 64.4 Å². The number of nitrogens with one attached hydrogen (secondary N) is 2. The lowest BCUT2D eigenvalue weighted by molar-refractivity contribution is -0.144. The van der Waals surface area contributed by atoms with E-state index in [0.29, 0.717) is 12.8 Å². The molecule has 3 rings (SSSR count). The van der Waals surface area contributed by atoms with Crippen LogP contribution >= 0.6 is 11.3 Å². The van der Waals surface area contributed by atoms with Gasteiger partial charge in [0.2, 0.25) is 17.7 Å². The molecule has 11 heteroatoms. The van der Waals surface area contributed by atoms with E-state index in [1.54, 1.807) is 11.3 Å². The SMILES string of the molecule is Cc1ncsc1-c1ccc(C(C)NC(=O)[C@@H]2C[C@@H](O)CN2C(=O)C(NC(=O)CCCCC(=O)O)C(C)(C)C)cc1. The third kappa shape index (κ3) is 8.11. The number of likely N-dealkylation sites (tertiary alicyclic amines) is 1. The molecule has 0 radical (unpaired) electrons. The highest BCUT2D eigenvalue weighted by Crippen LogP contribution is 2.29. The van der Waals surface area contributed by atoms with Gasteiger partial charge in [-0.25, -0.2) is 4.98 Å². The van der Waals surface area contributed by atoms with E-state index in [0.717, 1.165) is 21.7 Å². The molecule has 0 saturated carbocycles. The van der Waals surface area contributed by atoms with Crippen molar-refractivity contribution < 1.29 is 29.4 Å². The third-order valence-corrected chi connectivity index (χ3v) is 8.08. The largest absolute Gasteiger partial charge is 0.481 e. The Bertz CT molecular complexity index is 1210. The maximum atomic E-state index is 13.7. The van der Waals surface area contributed by atoms with Crippen LogP contribution in [-0.2, 0) is 19.2 Å². The van der Waals surface area contributed by atoms with Crippen molar-refractivity contribution in [3.05, 3.63) is 41.0 Å². The maximum Gasteiger partial charge on any atom is 0.303 e. The molecular formula is C29H40N4O6S. The van der Waals surface area contributed by atoms with Gasteiger partial charge in [-0.15, -0.1) is 11.3 Å². The Hall–Kier alpha value is -3.31. The summed E-state index contributed by atoms with van der Waals surface area (Å²) in [6.45, 7) is 9.29. The summed E-state index contributed by atoms with van der Waals surface area (Å²) in [5, 5.41) is 25.0. The molecule has 0 aliphatic carbocycles. The zero-order chi connectivity index (χ0) is 29.6. The minimum absolute atomic E-state index is 0.00470.